The van der Waals surface area contributed by atoms with Crippen LogP contribution in [0.15, 0.2) is 0 Å². The zero-order valence-electron chi connectivity index (χ0n) is 12.8. The van der Waals surface area contributed by atoms with Crippen LogP contribution in [-0.4, -0.2) is 55.5 Å². The van der Waals surface area contributed by atoms with Gasteiger partial charge in [0.1, 0.15) is 0 Å². The Labute approximate surface area is 122 Å². The molecule has 1 heterocycles. The van der Waals surface area contributed by atoms with Gasteiger partial charge in [0.05, 0.1) is 11.5 Å². The monoisotopic (exact) mass is 305 g/mol. The van der Waals surface area contributed by atoms with Gasteiger partial charge in [0.15, 0.2) is 9.84 Å². The summed E-state index contributed by atoms with van der Waals surface area (Å²) in [6.45, 7) is 8.49. The fraction of sp³-hybridized carbons (Fsp3) is 0.929. The van der Waals surface area contributed by atoms with Crippen molar-refractivity contribution in [2.45, 2.75) is 40.0 Å². The first-order chi connectivity index (χ1) is 9.10. The average Bonchev–Trinajstić information content (AvgIpc) is 2.28. The standard InChI is InChI=1S/C14H27NO4S/c1-14(2,3)12(4-5-13(16)17)6-7-15-8-10-20(18,19)11-9-15/h12H,4-11H2,1-3H3,(H,16,17). The quantitative estimate of drug-likeness (QED) is 0.807. The third-order valence-electron chi connectivity index (χ3n) is 4.16. The van der Waals surface area contributed by atoms with E-state index in [0.29, 0.717) is 25.4 Å². The second kappa shape index (κ2) is 6.89. The molecule has 118 valence electrons. The minimum absolute atomic E-state index is 0.0807. The SMILES string of the molecule is CC(C)(C)C(CCC(=O)O)CCN1CCS(=O)(=O)CC1. The topological polar surface area (TPSA) is 74.7 Å². The molecular weight excluding hydrogens is 278 g/mol. The Bertz CT molecular complexity index is 411. The third-order valence-corrected chi connectivity index (χ3v) is 5.77. The zero-order valence-corrected chi connectivity index (χ0v) is 13.6. The highest BCUT2D eigenvalue weighted by atomic mass is 32.2. The van der Waals surface area contributed by atoms with E-state index >= 15 is 0 Å². The minimum atomic E-state index is -2.82. The van der Waals surface area contributed by atoms with Crippen LogP contribution in [0.4, 0.5) is 0 Å². The predicted octanol–water partition coefficient (Wildman–Crippen LogP) is 1.63. The van der Waals surface area contributed by atoms with Gasteiger partial charge in [-0.3, -0.25) is 4.79 Å². The fourth-order valence-electron chi connectivity index (χ4n) is 2.62. The van der Waals surface area contributed by atoms with Crippen LogP contribution in [0.5, 0.6) is 0 Å². The van der Waals surface area contributed by atoms with Crippen LogP contribution in [0.2, 0.25) is 0 Å². The van der Waals surface area contributed by atoms with E-state index in [9.17, 15) is 13.2 Å². The summed E-state index contributed by atoms with van der Waals surface area (Å²) in [7, 11) is -2.82. The van der Waals surface area contributed by atoms with E-state index in [-0.39, 0.29) is 23.3 Å². The number of aliphatic carboxylic acids is 1. The lowest BCUT2D eigenvalue weighted by Gasteiger charge is -2.34. The summed E-state index contributed by atoms with van der Waals surface area (Å²) >= 11 is 0. The van der Waals surface area contributed by atoms with E-state index in [4.69, 9.17) is 5.11 Å². The largest absolute Gasteiger partial charge is 0.481 e. The molecule has 0 aromatic carbocycles. The van der Waals surface area contributed by atoms with Gasteiger partial charge in [-0.1, -0.05) is 20.8 Å². The molecule has 0 spiro atoms. The molecule has 20 heavy (non-hydrogen) atoms. The highest BCUT2D eigenvalue weighted by Gasteiger charge is 2.27. The average molecular weight is 305 g/mol. The van der Waals surface area contributed by atoms with Crippen LogP contribution in [0.1, 0.15) is 40.0 Å². The molecule has 6 heteroatoms. The number of nitrogens with zero attached hydrogens (tertiary/aromatic N) is 1. The molecule has 0 aliphatic carbocycles. The molecule has 0 saturated carbocycles. The number of carboxylic acids is 1. The number of rotatable bonds is 6. The van der Waals surface area contributed by atoms with Gasteiger partial charge in [-0.2, -0.15) is 0 Å². The number of carboxylic acid groups (broad SMARTS) is 1. The van der Waals surface area contributed by atoms with Gasteiger partial charge in [0.25, 0.3) is 0 Å². The van der Waals surface area contributed by atoms with Gasteiger partial charge < -0.3 is 10.0 Å². The Morgan fingerprint density at radius 3 is 2.20 bits per heavy atom. The van der Waals surface area contributed by atoms with Crippen molar-refractivity contribution < 1.29 is 18.3 Å². The van der Waals surface area contributed by atoms with E-state index in [1.165, 1.54) is 0 Å². The van der Waals surface area contributed by atoms with Gasteiger partial charge in [0.2, 0.25) is 0 Å². The molecule has 1 N–H and O–H groups in total. The van der Waals surface area contributed by atoms with Crippen molar-refractivity contribution in [1.29, 1.82) is 0 Å². The summed E-state index contributed by atoms with van der Waals surface area (Å²) in [6, 6.07) is 0. The first-order valence-electron chi connectivity index (χ1n) is 7.25. The van der Waals surface area contributed by atoms with E-state index in [2.05, 4.69) is 25.7 Å². The molecule has 1 rings (SSSR count). The molecule has 0 aromatic rings. The van der Waals surface area contributed by atoms with Crippen molar-refractivity contribution >= 4 is 15.8 Å². The Morgan fingerprint density at radius 2 is 1.75 bits per heavy atom. The Balaban J connectivity index is 2.44. The maximum Gasteiger partial charge on any atom is 0.303 e. The fourth-order valence-corrected chi connectivity index (χ4v) is 3.90. The van der Waals surface area contributed by atoms with E-state index < -0.39 is 15.8 Å². The molecule has 0 radical (unpaired) electrons. The molecule has 1 saturated heterocycles. The van der Waals surface area contributed by atoms with Gasteiger partial charge in [-0.05, 0) is 30.7 Å². The molecule has 1 atom stereocenters. The van der Waals surface area contributed by atoms with Crippen LogP contribution in [-0.2, 0) is 14.6 Å². The molecule has 1 aliphatic heterocycles. The third kappa shape index (κ3) is 6.22. The lowest BCUT2D eigenvalue weighted by atomic mass is 9.76. The van der Waals surface area contributed by atoms with Gasteiger partial charge >= 0.3 is 5.97 Å². The second-order valence-electron chi connectivity index (χ2n) is 6.78. The zero-order chi connectivity index (χ0) is 15.4. The highest BCUT2D eigenvalue weighted by molar-refractivity contribution is 7.91. The number of sulfone groups is 1. The van der Waals surface area contributed by atoms with E-state index in [0.717, 1.165) is 13.0 Å². The van der Waals surface area contributed by atoms with Crippen molar-refractivity contribution in [2.24, 2.45) is 11.3 Å². The Kier molecular flexibility index (Phi) is 6.01. The van der Waals surface area contributed by atoms with Gasteiger partial charge in [-0.25, -0.2) is 8.42 Å². The van der Waals surface area contributed by atoms with Crippen LogP contribution >= 0.6 is 0 Å². The maximum atomic E-state index is 11.4. The first kappa shape index (κ1) is 17.4. The summed E-state index contributed by atoms with van der Waals surface area (Å²) in [5, 5.41) is 8.83. The van der Waals surface area contributed by atoms with Crippen molar-refractivity contribution in [2.75, 3.05) is 31.1 Å². The summed E-state index contributed by atoms with van der Waals surface area (Å²) in [5.74, 6) is 0.102. The van der Waals surface area contributed by atoms with Crippen molar-refractivity contribution in [1.82, 2.24) is 4.90 Å². The van der Waals surface area contributed by atoms with Crippen LogP contribution < -0.4 is 0 Å². The van der Waals surface area contributed by atoms with Crippen molar-refractivity contribution in [3.05, 3.63) is 0 Å². The molecule has 1 aliphatic rings. The van der Waals surface area contributed by atoms with Crippen LogP contribution in [0, 0.1) is 11.3 Å². The Morgan fingerprint density at radius 1 is 1.20 bits per heavy atom. The molecule has 0 bridgehead atoms. The van der Waals surface area contributed by atoms with Crippen LogP contribution in [0.25, 0.3) is 0 Å². The van der Waals surface area contributed by atoms with Gasteiger partial charge in [-0.15, -0.1) is 0 Å². The molecule has 5 nitrogen and oxygen atoms in total. The lowest BCUT2D eigenvalue weighted by Crippen LogP contribution is -2.41. The first-order valence-corrected chi connectivity index (χ1v) is 9.07. The number of hydrogen-bond donors (Lipinski definition) is 1. The lowest BCUT2D eigenvalue weighted by molar-refractivity contribution is -0.137. The summed E-state index contributed by atoms with van der Waals surface area (Å²) in [4.78, 5) is 12.9. The van der Waals surface area contributed by atoms with Crippen LogP contribution in [0.3, 0.4) is 0 Å². The molecular formula is C14H27NO4S. The van der Waals surface area contributed by atoms with Gasteiger partial charge in [0, 0.05) is 19.5 Å². The van der Waals surface area contributed by atoms with Crippen molar-refractivity contribution in [3.8, 4) is 0 Å². The molecule has 0 aromatic heterocycles. The number of hydrogen-bond acceptors (Lipinski definition) is 4. The molecule has 1 fully saturated rings. The predicted molar refractivity (Wildman–Crippen MR) is 79.5 cm³/mol. The number of carbonyl (C=O) groups is 1. The van der Waals surface area contributed by atoms with E-state index in [1.807, 2.05) is 0 Å². The Hall–Kier alpha value is -0.620. The molecule has 0 amide bonds. The second-order valence-corrected chi connectivity index (χ2v) is 9.08. The molecule has 1 unspecified atom stereocenters. The summed E-state index contributed by atoms with van der Waals surface area (Å²) < 4.78 is 22.8. The minimum Gasteiger partial charge on any atom is -0.481 e. The summed E-state index contributed by atoms with van der Waals surface area (Å²) in [5.41, 5.74) is 0.0807. The van der Waals surface area contributed by atoms with E-state index in [1.54, 1.807) is 0 Å². The normalized spacial score (nSPS) is 21.6. The summed E-state index contributed by atoms with van der Waals surface area (Å²) in [6.07, 6.45) is 1.82. The van der Waals surface area contributed by atoms with Crippen molar-refractivity contribution in [3.63, 3.8) is 0 Å². The smallest absolute Gasteiger partial charge is 0.303 e. The highest BCUT2D eigenvalue weighted by Crippen LogP contribution is 2.32. The maximum absolute atomic E-state index is 11.4.